The van der Waals surface area contributed by atoms with Crippen molar-refractivity contribution in [2.75, 3.05) is 12.1 Å². The first-order valence-corrected chi connectivity index (χ1v) is 9.95. The maximum absolute atomic E-state index is 13.3. The van der Waals surface area contributed by atoms with Crippen LogP contribution < -0.4 is 14.8 Å². The predicted octanol–water partition coefficient (Wildman–Crippen LogP) is 5.37. The van der Waals surface area contributed by atoms with Crippen LogP contribution in [0.2, 0.25) is 0 Å². The normalized spacial score (nSPS) is 15.8. The molecule has 0 saturated heterocycles. The van der Waals surface area contributed by atoms with Crippen LogP contribution >= 0.6 is 0 Å². The molecule has 0 unspecified atom stereocenters. The first kappa shape index (κ1) is 17.8. The first-order chi connectivity index (χ1) is 14.1. The molecule has 1 fully saturated rings. The third-order valence-electron chi connectivity index (χ3n) is 6.05. The van der Waals surface area contributed by atoms with Crippen molar-refractivity contribution in [3.63, 3.8) is 0 Å². The molecule has 1 aliphatic heterocycles. The number of ether oxygens (including phenoxy) is 2. The summed E-state index contributed by atoms with van der Waals surface area (Å²) in [5.74, 6) is 1.51. The Kier molecular flexibility index (Phi) is 4.09. The van der Waals surface area contributed by atoms with Crippen molar-refractivity contribution >= 4 is 11.6 Å². The third-order valence-corrected chi connectivity index (χ3v) is 6.05. The van der Waals surface area contributed by atoms with Crippen molar-refractivity contribution < 1.29 is 14.3 Å². The average Bonchev–Trinajstić information content (AvgIpc) is 3.41. The number of hydrogen-bond acceptors (Lipinski definition) is 3. The molecule has 0 bridgehead atoms. The Hall–Kier alpha value is -3.27. The molecule has 3 aromatic carbocycles. The van der Waals surface area contributed by atoms with Gasteiger partial charge in [0, 0.05) is 5.69 Å². The summed E-state index contributed by atoms with van der Waals surface area (Å²) in [4.78, 5) is 13.3. The lowest BCUT2D eigenvalue weighted by Crippen LogP contribution is -2.28. The molecule has 1 heterocycles. The van der Waals surface area contributed by atoms with Gasteiger partial charge in [0.15, 0.2) is 11.5 Å². The van der Waals surface area contributed by atoms with Crippen LogP contribution in [0, 0.1) is 13.8 Å². The van der Waals surface area contributed by atoms with Crippen LogP contribution in [-0.2, 0) is 10.2 Å². The zero-order valence-corrected chi connectivity index (χ0v) is 16.6. The van der Waals surface area contributed by atoms with Crippen molar-refractivity contribution in [3.05, 3.63) is 77.4 Å². The van der Waals surface area contributed by atoms with E-state index in [0.29, 0.717) is 0 Å². The van der Waals surface area contributed by atoms with Gasteiger partial charge < -0.3 is 14.8 Å². The quantitative estimate of drug-likeness (QED) is 0.657. The smallest absolute Gasteiger partial charge is 0.235 e. The van der Waals surface area contributed by atoms with E-state index < -0.39 is 5.41 Å². The lowest BCUT2D eigenvalue weighted by Gasteiger charge is -2.18. The summed E-state index contributed by atoms with van der Waals surface area (Å²) in [5.41, 5.74) is 5.97. The highest BCUT2D eigenvalue weighted by molar-refractivity contribution is 6.02. The van der Waals surface area contributed by atoms with Gasteiger partial charge in [-0.1, -0.05) is 48.0 Å². The van der Waals surface area contributed by atoms with Gasteiger partial charge in [-0.25, -0.2) is 0 Å². The van der Waals surface area contributed by atoms with E-state index in [-0.39, 0.29) is 12.7 Å². The Balaban J connectivity index is 1.42. The number of carbonyl (C=O) groups is 1. The molecule has 146 valence electrons. The second-order valence-corrected chi connectivity index (χ2v) is 7.95. The lowest BCUT2D eigenvalue weighted by atomic mass is 9.93. The van der Waals surface area contributed by atoms with Gasteiger partial charge in [0.25, 0.3) is 0 Å². The molecule has 1 aliphatic carbocycles. The van der Waals surface area contributed by atoms with Gasteiger partial charge in [0.2, 0.25) is 12.7 Å². The molecule has 4 nitrogen and oxygen atoms in total. The minimum atomic E-state index is -0.479. The highest BCUT2D eigenvalue weighted by atomic mass is 16.7. The van der Waals surface area contributed by atoms with Gasteiger partial charge in [-0.3, -0.25) is 4.79 Å². The molecule has 0 radical (unpaired) electrons. The van der Waals surface area contributed by atoms with Gasteiger partial charge in [-0.2, -0.15) is 0 Å². The van der Waals surface area contributed by atoms with E-state index >= 15 is 0 Å². The number of benzene rings is 3. The SMILES string of the molecule is Cc1ccc(-c2cccc(NC(=O)C3(c4ccc5c(c4)OCO5)CC3)c2C)cc1. The number of amides is 1. The monoisotopic (exact) mass is 385 g/mol. The minimum Gasteiger partial charge on any atom is -0.454 e. The van der Waals surface area contributed by atoms with E-state index in [0.717, 1.165) is 52.3 Å². The van der Waals surface area contributed by atoms with Crippen LogP contribution in [0.15, 0.2) is 60.7 Å². The highest BCUT2D eigenvalue weighted by Crippen LogP contribution is 2.51. The minimum absolute atomic E-state index is 0.0421. The second kappa shape index (κ2) is 6.66. The molecule has 0 spiro atoms. The Bertz CT molecular complexity index is 1100. The van der Waals surface area contributed by atoms with E-state index in [2.05, 4.69) is 49.5 Å². The van der Waals surface area contributed by atoms with Gasteiger partial charge in [-0.05, 0) is 67.1 Å². The zero-order valence-electron chi connectivity index (χ0n) is 16.6. The summed E-state index contributed by atoms with van der Waals surface area (Å²) in [6, 6.07) is 20.4. The Morgan fingerprint density at radius 1 is 0.931 bits per heavy atom. The maximum atomic E-state index is 13.3. The van der Waals surface area contributed by atoms with Gasteiger partial charge in [-0.15, -0.1) is 0 Å². The number of nitrogens with one attached hydrogen (secondary N) is 1. The van der Waals surface area contributed by atoms with Crippen molar-refractivity contribution in [2.24, 2.45) is 0 Å². The number of fused-ring (bicyclic) bond motifs is 1. The number of aryl methyl sites for hydroxylation is 1. The fourth-order valence-electron chi connectivity index (χ4n) is 4.02. The standard InChI is InChI=1S/C25H23NO3/c1-16-6-8-18(9-7-16)20-4-3-5-21(17(20)2)26-24(27)25(12-13-25)19-10-11-22-23(14-19)29-15-28-22/h3-11,14H,12-13,15H2,1-2H3,(H,26,27). The van der Waals surface area contributed by atoms with Crippen LogP contribution in [-0.4, -0.2) is 12.7 Å². The third kappa shape index (κ3) is 3.05. The summed E-state index contributed by atoms with van der Waals surface area (Å²) in [7, 11) is 0. The van der Waals surface area contributed by atoms with Crippen molar-refractivity contribution in [1.29, 1.82) is 0 Å². The largest absolute Gasteiger partial charge is 0.454 e. The molecule has 29 heavy (non-hydrogen) atoms. The second-order valence-electron chi connectivity index (χ2n) is 7.95. The first-order valence-electron chi connectivity index (χ1n) is 9.95. The van der Waals surface area contributed by atoms with Crippen LogP contribution in [0.5, 0.6) is 11.5 Å². The van der Waals surface area contributed by atoms with Crippen molar-refractivity contribution in [2.45, 2.75) is 32.1 Å². The lowest BCUT2D eigenvalue weighted by molar-refractivity contribution is -0.118. The number of rotatable bonds is 4. The Morgan fingerprint density at radius 3 is 2.45 bits per heavy atom. The molecular formula is C25H23NO3. The summed E-state index contributed by atoms with van der Waals surface area (Å²) in [6.45, 7) is 4.38. The fraction of sp³-hybridized carbons (Fsp3) is 0.240. The molecule has 0 aromatic heterocycles. The molecule has 0 atom stereocenters. The molecule has 5 rings (SSSR count). The summed E-state index contributed by atoms with van der Waals surface area (Å²) in [6.07, 6.45) is 1.68. The summed E-state index contributed by atoms with van der Waals surface area (Å²) < 4.78 is 10.9. The predicted molar refractivity (Wildman–Crippen MR) is 113 cm³/mol. The van der Waals surface area contributed by atoms with Crippen LogP contribution in [0.3, 0.4) is 0 Å². The van der Waals surface area contributed by atoms with Gasteiger partial charge >= 0.3 is 0 Å². The topological polar surface area (TPSA) is 47.6 Å². The van der Waals surface area contributed by atoms with E-state index in [1.165, 1.54) is 5.56 Å². The van der Waals surface area contributed by atoms with E-state index in [4.69, 9.17) is 9.47 Å². The van der Waals surface area contributed by atoms with Gasteiger partial charge in [0.1, 0.15) is 0 Å². The van der Waals surface area contributed by atoms with Crippen LogP contribution in [0.25, 0.3) is 11.1 Å². The highest BCUT2D eigenvalue weighted by Gasteiger charge is 2.51. The van der Waals surface area contributed by atoms with Crippen LogP contribution in [0.4, 0.5) is 5.69 Å². The van der Waals surface area contributed by atoms with Crippen molar-refractivity contribution in [3.8, 4) is 22.6 Å². The zero-order chi connectivity index (χ0) is 20.0. The number of hydrogen-bond donors (Lipinski definition) is 1. The molecular weight excluding hydrogens is 362 g/mol. The van der Waals surface area contributed by atoms with Crippen LogP contribution in [0.1, 0.15) is 29.5 Å². The van der Waals surface area contributed by atoms with E-state index in [1.807, 2.05) is 30.3 Å². The number of carbonyl (C=O) groups excluding carboxylic acids is 1. The molecule has 2 aliphatic rings. The van der Waals surface area contributed by atoms with E-state index in [9.17, 15) is 4.79 Å². The molecule has 3 aromatic rings. The van der Waals surface area contributed by atoms with Crippen molar-refractivity contribution in [1.82, 2.24) is 0 Å². The fourth-order valence-corrected chi connectivity index (χ4v) is 4.02. The Labute approximate surface area is 170 Å². The van der Waals surface area contributed by atoms with E-state index in [1.54, 1.807) is 0 Å². The molecule has 1 amide bonds. The summed E-state index contributed by atoms with van der Waals surface area (Å²) in [5, 5.41) is 3.19. The molecule has 4 heteroatoms. The average molecular weight is 385 g/mol. The summed E-state index contributed by atoms with van der Waals surface area (Å²) >= 11 is 0. The van der Waals surface area contributed by atoms with Gasteiger partial charge in [0.05, 0.1) is 5.41 Å². The number of anilines is 1. The maximum Gasteiger partial charge on any atom is 0.235 e. The molecule has 1 saturated carbocycles. The molecule has 1 N–H and O–H groups in total. The Morgan fingerprint density at radius 2 is 1.69 bits per heavy atom.